The highest BCUT2D eigenvalue weighted by molar-refractivity contribution is 8.00. The number of rotatable bonds is 5. The molecule has 2 aromatic rings. The molecule has 2 aromatic carbocycles. The monoisotopic (exact) mass is 315 g/mol. The lowest BCUT2D eigenvalue weighted by molar-refractivity contribution is -0.137. The summed E-state index contributed by atoms with van der Waals surface area (Å²) in [5.41, 5.74) is 2.31. The van der Waals surface area contributed by atoms with Crippen LogP contribution in [0.3, 0.4) is 0 Å². The van der Waals surface area contributed by atoms with E-state index in [2.05, 4.69) is 10.1 Å². The van der Waals surface area contributed by atoms with Crippen molar-refractivity contribution >= 4 is 29.3 Å². The Bertz CT molecular complexity index is 668. The van der Waals surface area contributed by atoms with Crippen molar-refractivity contribution in [3.05, 3.63) is 59.7 Å². The Labute approximate surface area is 133 Å². The minimum atomic E-state index is -0.262. The topological polar surface area (TPSA) is 55.4 Å². The van der Waals surface area contributed by atoms with Crippen molar-refractivity contribution in [3.63, 3.8) is 0 Å². The number of nitrogens with one attached hydrogen (secondary N) is 1. The number of aryl methyl sites for hydroxylation is 1. The third-order valence-corrected chi connectivity index (χ3v) is 4.07. The number of esters is 1. The first-order valence-electron chi connectivity index (χ1n) is 6.77. The summed E-state index contributed by atoms with van der Waals surface area (Å²) in [4.78, 5) is 24.2. The number of hydrogen-bond donors (Lipinski definition) is 1. The normalized spacial score (nSPS) is 10.1. The van der Waals surface area contributed by atoms with E-state index < -0.39 is 0 Å². The molecule has 0 aliphatic carbocycles. The summed E-state index contributed by atoms with van der Waals surface area (Å²) in [7, 11) is 1.37. The lowest BCUT2D eigenvalue weighted by Crippen LogP contribution is -2.13. The zero-order valence-electron chi connectivity index (χ0n) is 12.5. The van der Waals surface area contributed by atoms with Crippen LogP contribution in [0.25, 0.3) is 0 Å². The SMILES string of the molecule is COC(=O)CSc1ccc(NC(=O)c2ccccc2C)cc1. The molecule has 0 spiro atoms. The quantitative estimate of drug-likeness (QED) is 0.677. The van der Waals surface area contributed by atoms with Gasteiger partial charge in [0.1, 0.15) is 0 Å². The van der Waals surface area contributed by atoms with E-state index in [1.54, 1.807) is 6.07 Å². The van der Waals surface area contributed by atoms with Crippen LogP contribution in [0, 0.1) is 6.92 Å². The van der Waals surface area contributed by atoms with Crippen LogP contribution in [0.2, 0.25) is 0 Å². The fourth-order valence-electron chi connectivity index (χ4n) is 1.86. The smallest absolute Gasteiger partial charge is 0.315 e. The van der Waals surface area contributed by atoms with Gasteiger partial charge in [0.2, 0.25) is 0 Å². The van der Waals surface area contributed by atoms with E-state index in [-0.39, 0.29) is 17.6 Å². The first-order chi connectivity index (χ1) is 10.6. The number of hydrogen-bond acceptors (Lipinski definition) is 4. The van der Waals surface area contributed by atoms with Crippen molar-refractivity contribution < 1.29 is 14.3 Å². The molecule has 0 radical (unpaired) electrons. The predicted octanol–water partition coefficient (Wildman–Crippen LogP) is 3.51. The molecule has 22 heavy (non-hydrogen) atoms. The van der Waals surface area contributed by atoms with Gasteiger partial charge in [-0.2, -0.15) is 0 Å². The first-order valence-corrected chi connectivity index (χ1v) is 7.75. The molecule has 5 heteroatoms. The highest BCUT2D eigenvalue weighted by atomic mass is 32.2. The van der Waals surface area contributed by atoms with Crippen molar-refractivity contribution in [1.29, 1.82) is 0 Å². The summed E-state index contributed by atoms with van der Waals surface area (Å²) in [5, 5.41) is 2.86. The third-order valence-electron chi connectivity index (χ3n) is 3.09. The molecule has 4 nitrogen and oxygen atoms in total. The minimum Gasteiger partial charge on any atom is -0.468 e. The Kier molecular flexibility index (Phi) is 5.61. The van der Waals surface area contributed by atoms with Gasteiger partial charge < -0.3 is 10.1 Å². The maximum atomic E-state index is 12.2. The van der Waals surface area contributed by atoms with Crippen LogP contribution in [0.4, 0.5) is 5.69 Å². The Morgan fingerprint density at radius 3 is 2.41 bits per heavy atom. The molecular weight excluding hydrogens is 298 g/mol. The number of carbonyl (C=O) groups is 2. The van der Waals surface area contributed by atoms with E-state index in [1.165, 1.54) is 18.9 Å². The number of thioether (sulfide) groups is 1. The van der Waals surface area contributed by atoms with E-state index >= 15 is 0 Å². The molecule has 0 fully saturated rings. The van der Waals surface area contributed by atoms with E-state index in [0.717, 1.165) is 16.1 Å². The average Bonchev–Trinajstić information content (AvgIpc) is 2.54. The fourth-order valence-corrected chi connectivity index (χ4v) is 2.59. The molecule has 0 heterocycles. The molecule has 1 N–H and O–H groups in total. The summed E-state index contributed by atoms with van der Waals surface area (Å²) < 4.78 is 4.59. The van der Waals surface area contributed by atoms with Gasteiger partial charge >= 0.3 is 5.97 Å². The highest BCUT2D eigenvalue weighted by Crippen LogP contribution is 2.21. The van der Waals surface area contributed by atoms with Crippen LogP contribution in [-0.4, -0.2) is 24.7 Å². The largest absolute Gasteiger partial charge is 0.468 e. The molecule has 0 aromatic heterocycles. The van der Waals surface area contributed by atoms with Gasteiger partial charge in [0.15, 0.2) is 0 Å². The summed E-state index contributed by atoms with van der Waals surface area (Å²) >= 11 is 1.39. The van der Waals surface area contributed by atoms with Gasteiger partial charge in [-0.05, 0) is 42.8 Å². The Balaban J connectivity index is 1.98. The molecule has 114 valence electrons. The number of carbonyl (C=O) groups excluding carboxylic acids is 2. The van der Waals surface area contributed by atoms with Gasteiger partial charge in [-0.3, -0.25) is 9.59 Å². The van der Waals surface area contributed by atoms with Crippen molar-refractivity contribution in [3.8, 4) is 0 Å². The van der Waals surface area contributed by atoms with Crippen LogP contribution in [0.5, 0.6) is 0 Å². The Hall–Kier alpha value is -2.27. The van der Waals surface area contributed by atoms with Crippen molar-refractivity contribution in [2.24, 2.45) is 0 Å². The minimum absolute atomic E-state index is 0.131. The number of benzene rings is 2. The van der Waals surface area contributed by atoms with Crippen LogP contribution in [0.15, 0.2) is 53.4 Å². The fraction of sp³-hybridized carbons (Fsp3) is 0.176. The zero-order chi connectivity index (χ0) is 15.9. The van der Waals surface area contributed by atoms with Gasteiger partial charge in [0.25, 0.3) is 5.91 Å². The second-order valence-corrected chi connectivity index (χ2v) is 5.71. The summed E-state index contributed by atoms with van der Waals surface area (Å²) in [6, 6.07) is 14.8. The third kappa shape index (κ3) is 4.36. The van der Waals surface area contributed by atoms with Gasteiger partial charge in [0, 0.05) is 16.1 Å². The zero-order valence-corrected chi connectivity index (χ0v) is 13.3. The van der Waals surface area contributed by atoms with Crippen molar-refractivity contribution in [2.45, 2.75) is 11.8 Å². The molecule has 2 rings (SSSR count). The second kappa shape index (κ2) is 7.66. The van der Waals surface area contributed by atoms with E-state index in [1.807, 2.05) is 49.4 Å². The lowest BCUT2D eigenvalue weighted by atomic mass is 10.1. The molecule has 0 bridgehead atoms. The maximum absolute atomic E-state index is 12.2. The molecule has 0 unspecified atom stereocenters. The van der Waals surface area contributed by atoms with E-state index in [4.69, 9.17) is 0 Å². The molecule has 0 atom stereocenters. The van der Waals surface area contributed by atoms with E-state index in [9.17, 15) is 9.59 Å². The van der Waals surface area contributed by atoms with Crippen molar-refractivity contribution in [2.75, 3.05) is 18.2 Å². The lowest BCUT2D eigenvalue weighted by Gasteiger charge is -2.08. The Morgan fingerprint density at radius 2 is 1.77 bits per heavy atom. The summed E-state index contributed by atoms with van der Waals surface area (Å²) in [6.45, 7) is 1.90. The second-order valence-electron chi connectivity index (χ2n) is 4.66. The number of anilines is 1. The molecule has 0 aliphatic heterocycles. The van der Waals surface area contributed by atoms with Gasteiger partial charge in [-0.1, -0.05) is 18.2 Å². The number of ether oxygens (including phenoxy) is 1. The van der Waals surface area contributed by atoms with Gasteiger partial charge in [0.05, 0.1) is 12.9 Å². The summed E-state index contributed by atoms with van der Waals surface area (Å²) in [6.07, 6.45) is 0. The van der Waals surface area contributed by atoms with Crippen LogP contribution < -0.4 is 5.32 Å². The summed E-state index contributed by atoms with van der Waals surface area (Å²) in [5.74, 6) is -0.124. The molecular formula is C17H17NO3S. The van der Waals surface area contributed by atoms with E-state index in [0.29, 0.717) is 5.56 Å². The number of amides is 1. The van der Waals surface area contributed by atoms with Crippen LogP contribution in [0.1, 0.15) is 15.9 Å². The molecule has 0 saturated heterocycles. The number of methoxy groups -OCH3 is 1. The molecule has 0 aliphatic rings. The highest BCUT2D eigenvalue weighted by Gasteiger charge is 2.08. The first kappa shape index (κ1) is 16.1. The predicted molar refractivity (Wildman–Crippen MR) is 88.3 cm³/mol. The maximum Gasteiger partial charge on any atom is 0.315 e. The Morgan fingerprint density at radius 1 is 1.09 bits per heavy atom. The van der Waals surface area contributed by atoms with Crippen molar-refractivity contribution in [1.82, 2.24) is 0 Å². The van der Waals surface area contributed by atoms with Gasteiger partial charge in [-0.25, -0.2) is 0 Å². The average molecular weight is 315 g/mol. The van der Waals surface area contributed by atoms with Crippen LogP contribution >= 0.6 is 11.8 Å². The van der Waals surface area contributed by atoms with Crippen LogP contribution in [-0.2, 0) is 9.53 Å². The molecule has 1 amide bonds. The molecule has 0 saturated carbocycles. The van der Waals surface area contributed by atoms with Gasteiger partial charge in [-0.15, -0.1) is 11.8 Å². The standard InChI is InChI=1S/C17H17NO3S/c1-12-5-3-4-6-15(12)17(20)18-13-7-9-14(10-8-13)22-11-16(19)21-2/h3-10H,11H2,1-2H3,(H,18,20).